The summed E-state index contributed by atoms with van der Waals surface area (Å²) in [5, 5.41) is 0. The third-order valence-electron chi connectivity index (χ3n) is 6.77. The van der Waals surface area contributed by atoms with Crippen LogP contribution in [-0.2, 0) is 28.7 Å². The van der Waals surface area contributed by atoms with Crippen LogP contribution in [0.3, 0.4) is 0 Å². The van der Waals surface area contributed by atoms with Gasteiger partial charge in [-0.05, 0) is 36.1 Å². The number of hydrogen-bond acceptors (Lipinski definition) is 10. The van der Waals surface area contributed by atoms with Crippen LogP contribution < -0.4 is 24.7 Å². The van der Waals surface area contributed by atoms with Gasteiger partial charge >= 0.3 is 0 Å². The van der Waals surface area contributed by atoms with Crippen LogP contribution in [0, 0.1) is 0 Å². The van der Waals surface area contributed by atoms with Crippen molar-refractivity contribution < 1.29 is 28.2 Å². The maximum atomic E-state index is 14.3. The molecule has 198 valence electrons. The van der Waals surface area contributed by atoms with Crippen molar-refractivity contribution in [3.8, 4) is 23.0 Å². The van der Waals surface area contributed by atoms with Gasteiger partial charge in [0.25, 0.3) is 0 Å². The first-order valence-electron chi connectivity index (χ1n) is 12.4. The van der Waals surface area contributed by atoms with Crippen LogP contribution >= 0.6 is 7.14 Å². The number of anilines is 1. The third kappa shape index (κ3) is 4.99. The number of nitrogens with zero attached hydrogens (tertiary/aromatic N) is 4. The second-order valence-electron chi connectivity index (χ2n) is 9.21. The van der Waals surface area contributed by atoms with Gasteiger partial charge in [0.1, 0.15) is 19.0 Å². The monoisotopic (exact) mass is 537 g/mol. The Labute approximate surface area is 219 Å². The summed E-state index contributed by atoms with van der Waals surface area (Å²) in [5.41, 5.74) is 9.05. The van der Waals surface area contributed by atoms with E-state index in [4.69, 9.17) is 29.4 Å². The third-order valence-corrected chi connectivity index (χ3v) is 9.50. The molecule has 12 heteroatoms. The number of rotatable bonds is 11. The van der Waals surface area contributed by atoms with Crippen LogP contribution in [-0.4, -0.2) is 58.4 Å². The Balaban J connectivity index is 1.14. The van der Waals surface area contributed by atoms with E-state index in [2.05, 4.69) is 15.0 Å². The number of imidazole rings is 1. The molecule has 4 aromatic rings. The topological polar surface area (TPSA) is 133 Å². The zero-order valence-corrected chi connectivity index (χ0v) is 21.6. The molecule has 0 saturated carbocycles. The first-order chi connectivity index (χ1) is 18.6. The first-order valence-corrected chi connectivity index (χ1v) is 14.7. The van der Waals surface area contributed by atoms with Crippen LogP contribution in [0.5, 0.6) is 23.0 Å². The largest absolute Gasteiger partial charge is 0.454 e. The lowest BCUT2D eigenvalue weighted by Gasteiger charge is -2.20. The number of aromatic nitrogens is 4. The number of ether oxygens (including phenoxy) is 5. The van der Waals surface area contributed by atoms with Crippen molar-refractivity contribution in [3.05, 3.63) is 60.2 Å². The molecule has 2 N–H and O–H groups in total. The summed E-state index contributed by atoms with van der Waals surface area (Å²) in [7, 11) is -2.75. The lowest BCUT2D eigenvalue weighted by atomic mass is 10.1. The number of aryl methyl sites for hydroxylation is 2. The van der Waals surface area contributed by atoms with Gasteiger partial charge in [-0.25, -0.2) is 15.0 Å². The average Bonchev–Trinajstić information content (AvgIpc) is 3.69. The molecule has 0 saturated heterocycles. The molecule has 2 aliphatic rings. The minimum atomic E-state index is -2.75. The van der Waals surface area contributed by atoms with Crippen molar-refractivity contribution in [1.29, 1.82) is 0 Å². The Morgan fingerprint density at radius 2 is 1.55 bits per heavy atom. The van der Waals surface area contributed by atoms with E-state index in [1.165, 1.54) is 6.33 Å². The molecular formula is C26H28N5O6P. The highest BCUT2D eigenvalue weighted by Crippen LogP contribution is 2.49. The van der Waals surface area contributed by atoms with E-state index in [0.717, 1.165) is 34.1 Å². The van der Waals surface area contributed by atoms with Gasteiger partial charge in [0.05, 0.1) is 19.3 Å². The molecule has 0 amide bonds. The summed E-state index contributed by atoms with van der Waals surface area (Å²) in [6.45, 7) is 1.26. The summed E-state index contributed by atoms with van der Waals surface area (Å²) in [6.07, 6.45) is 5.40. The van der Waals surface area contributed by atoms with Gasteiger partial charge in [0.2, 0.25) is 13.6 Å². The Morgan fingerprint density at radius 1 is 0.895 bits per heavy atom. The van der Waals surface area contributed by atoms with Crippen molar-refractivity contribution in [2.45, 2.75) is 19.4 Å². The second-order valence-corrected chi connectivity index (χ2v) is 12.5. The number of nitrogens with two attached hydrogens (primary N) is 1. The molecular weight excluding hydrogens is 509 g/mol. The standard InChI is InChI=1S/C26H28N5O6P/c27-25-22-26(29-13-28-25)31(14-30-22)9-10-33-17-38(32,11-7-18-3-1-5-20-23(18)36-15-34-20)12-8-19-4-2-6-21-24(19)37-16-35-21/h1-6,13-14H,7-12,15-17H2,(H2,27,28,29). The zero-order valence-electron chi connectivity index (χ0n) is 20.7. The maximum Gasteiger partial charge on any atom is 0.231 e. The molecule has 2 aromatic heterocycles. The van der Waals surface area contributed by atoms with E-state index in [-0.39, 0.29) is 19.9 Å². The molecule has 2 aromatic carbocycles. The van der Waals surface area contributed by atoms with Gasteiger partial charge in [-0.15, -0.1) is 0 Å². The lowest BCUT2D eigenvalue weighted by Crippen LogP contribution is -2.11. The lowest BCUT2D eigenvalue weighted by molar-refractivity contribution is 0.166. The van der Waals surface area contributed by atoms with Gasteiger partial charge in [0, 0.05) is 18.9 Å². The summed E-state index contributed by atoms with van der Waals surface area (Å²) in [4.78, 5) is 12.5. The van der Waals surface area contributed by atoms with Crippen molar-refractivity contribution in [2.24, 2.45) is 0 Å². The highest BCUT2D eigenvalue weighted by Gasteiger charge is 2.27. The average molecular weight is 538 g/mol. The van der Waals surface area contributed by atoms with E-state index in [0.29, 0.717) is 55.3 Å². The van der Waals surface area contributed by atoms with Gasteiger partial charge < -0.3 is 38.6 Å². The summed E-state index contributed by atoms with van der Waals surface area (Å²) < 4.78 is 44.4. The fourth-order valence-corrected chi connectivity index (χ4v) is 6.96. The van der Waals surface area contributed by atoms with Crippen molar-refractivity contribution in [3.63, 3.8) is 0 Å². The highest BCUT2D eigenvalue weighted by molar-refractivity contribution is 7.63. The molecule has 11 nitrogen and oxygen atoms in total. The highest BCUT2D eigenvalue weighted by atomic mass is 31.2. The molecule has 4 heterocycles. The Kier molecular flexibility index (Phi) is 6.78. The van der Waals surface area contributed by atoms with Crippen LogP contribution in [0.25, 0.3) is 11.2 Å². The van der Waals surface area contributed by atoms with Gasteiger partial charge in [-0.2, -0.15) is 0 Å². The van der Waals surface area contributed by atoms with Gasteiger partial charge in [-0.3, -0.25) is 0 Å². The number of para-hydroxylation sites is 2. The summed E-state index contributed by atoms with van der Waals surface area (Å²) in [6, 6.07) is 11.6. The predicted octanol–water partition coefficient (Wildman–Crippen LogP) is 3.69. The fraction of sp³-hybridized carbons (Fsp3) is 0.346. The minimum Gasteiger partial charge on any atom is -0.454 e. The second kappa shape index (κ2) is 10.5. The molecule has 0 atom stereocenters. The maximum absolute atomic E-state index is 14.3. The van der Waals surface area contributed by atoms with E-state index in [1.807, 2.05) is 41.0 Å². The summed E-state index contributed by atoms with van der Waals surface area (Å²) >= 11 is 0. The molecule has 38 heavy (non-hydrogen) atoms. The van der Waals surface area contributed by atoms with E-state index in [1.54, 1.807) is 6.33 Å². The number of fused-ring (bicyclic) bond motifs is 3. The number of nitrogen functional groups attached to an aromatic ring is 1. The van der Waals surface area contributed by atoms with Crippen LogP contribution in [0.1, 0.15) is 11.1 Å². The smallest absolute Gasteiger partial charge is 0.231 e. The SMILES string of the molecule is Nc1ncnc2c1ncn2CCOCP(=O)(CCc1cccc2c1OCO2)CCc1cccc2c1OCO2. The molecule has 0 unspecified atom stereocenters. The molecule has 0 radical (unpaired) electrons. The van der Waals surface area contributed by atoms with Gasteiger partial charge in [-0.1, -0.05) is 24.3 Å². The molecule has 0 fully saturated rings. The van der Waals surface area contributed by atoms with Crippen molar-refractivity contribution in [2.75, 3.05) is 44.6 Å². The molecule has 0 spiro atoms. The Hall–Kier alpha value is -3.82. The Bertz CT molecular complexity index is 1440. The predicted molar refractivity (Wildman–Crippen MR) is 140 cm³/mol. The van der Waals surface area contributed by atoms with E-state index in [9.17, 15) is 4.57 Å². The summed E-state index contributed by atoms with van der Waals surface area (Å²) in [5.74, 6) is 3.26. The quantitative estimate of drug-likeness (QED) is 0.223. The van der Waals surface area contributed by atoms with Crippen molar-refractivity contribution in [1.82, 2.24) is 19.5 Å². The van der Waals surface area contributed by atoms with Crippen molar-refractivity contribution >= 4 is 24.1 Å². The number of benzene rings is 2. The molecule has 0 bridgehead atoms. The minimum absolute atomic E-state index is 0.162. The van der Waals surface area contributed by atoms with Crippen LogP contribution in [0.15, 0.2) is 49.1 Å². The van der Waals surface area contributed by atoms with Crippen LogP contribution in [0.4, 0.5) is 5.82 Å². The first kappa shape index (κ1) is 24.5. The normalized spacial score (nSPS) is 13.9. The number of hydrogen-bond donors (Lipinski definition) is 1. The molecule has 0 aliphatic carbocycles. The van der Waals surface area contributed by atoms with Gasteiger partial charge in [0.15, 0.2) is 34.5 Å². The van der Waals surface area contributed by atoms with E-state index >= 15 is 0 Å². The zero-order chi connectivity index (χ0) is 26.0. The molecule has 6 rings (SSSR count). The molecule has 2 aliphatic heterocycles. The Morgan fingerprint density at radius 3 is 2.21 bits per heavy atom. The van der Waals surface area contributed by atoms with E-state index < -0.39 is 7.14 Å². The van der Waals surface area contributed by atoms with Crippen LogP contribution in [0.2, 0.25) is 0 Å². The fourth-order valence-electron chi connectivity index (χ4n) is 4.72.